The maximum atomic E-state index is 13.6. The molecule has 0 N–H and O–H groups in total. The van der Waals surface area contributed by atoms with Crippen LogP contribution in [0, 0.1) is 0 Å². The SMILES string of the molecule is CC(C)Oc1ccccc1N(C)c1nc(OCc2ccccc2)ncc1C(F)(F)F. The Morgan fingerprint density at radius 1 is 1.00 bits per heavy atom. The molecule has 158 valence electrons. The van der Waals surface area contributed by atoms with E-state index in [9.17, 15) is 13.2 Å². The summed E-state index contributed by atoms with van der Waals surface area (Å²) in [5, 5.41) is 0. The van der Waals surface area contributed by atoms with Crippen LogP contribution in [-0.4, -0.2) is 23.1 Å². The van der Waals surface area contributed by atoms with E-state index in [4.69, 9.17) is 9.47 Å². The summed E-state index contributed by atoms with van der Waals surface area (Å²) in [6.45, 7) is 3.83. The largest absolute Gasteiger partial charge is 0.489 e. The second-order valence-corrected chi connectivity index (χ2v) is 6.86. The molecule has 0 amide bonds. The van der Waals surface area contributed by atoms with Crippen molar-refractivity contribution in [2.75, 3.05) is 11.9 Å². The van der Waals surface area contributed by atoms with E-state index in [1.807, 2.05) is 44.2 Å². The number of para-hydroxylation sites is 2. The first-order valence-corrected chi connectivity index (χ1v) is 9.36. The first-order chi connectivity index (χ1) is 14.3. The molecule has 1 heterocycles. The smallest absolute Gasteiger partial charge is 0.421 e. The van der Waals surface area contributed by atoms with Crippen molar-refractivity contribution in [3.8, 4) is 11.8 Å². The summed E-state index contributed by atoms with van der Waals surface area (Å²) in [4.78, 5) is 9.16. The fraction of sp³-hybridized carbons (Fsp3) is 0.273. The zero-order valence-electron chi connectivity index (χ0n) is 16.8. The van der Waals surface area contributed by atoms with Crippen LogP contribution in [0.25, 0.3) is 0 Å². The van der Waals surface area contributed by atoms with E-state index < -0.39 is 11.7 Å². The molecule has 0 bridgehead atoms. The molecule has 0 aliphatic rings. The highest BCUT2D eigenvalue weighted by atomic mass is 19.4. The summed E-state index contributed by atoms with van der Waals surface area (Å²) in [5.41, 5.74) is 0.340. The molecule has 0 spiro atoms. The Labute approximate surface area is 173 Å². The third-order valence-corrected chi connectivity index (χ3v) is 4.17. The van der Waals surface area contributed by atoms with E-state index in [1.54, 1.807) is 24.3 Å². The van der Waals surface area contributed by atoms with Crippen LogP contribution >= 0.6 is 0 Å². The van der Waals surface area contributed by atoms with E-state index in [0.29, 0.717) is 11.4 Å². The lowest BCUT2D eigenvalue weighted by Crippen LogP contribution is -2.20. The van der Waals surface area contributed by atoms with Gasteiger partial charge in [-0.25, -0.2) is 4.98 Å². The van der Waals surface area contributed by atoms with Gasteiger partial charge in [-0.15, -0.1) is 0 Å². The van der Waals surface area contributed by atoms with Crippen molar-refractivity contribution in [1.29, 1.82) is 0 Å². The van der Waals surface area contributed by atoms with Gasteiger partial charge in [0.15, 0.2) is 5.82 Å². The second kappa shape index (κ2) is 9.02. The Morgan fingerprint density at radius 2 is 1.67 bits per heavy atom. The van der Waals surface area contributed by atoms with Gasteiger partial charge in [0.1, 0.15) is 17.9 Å². The summed E-state index contributed by atoms with van der Waals surface area (Å²) < 4.78 is 52.2. The molecular formula is C22H22F3N3O2. The third kappa shape index (κ3) is 5.20. The minimum absolute atomic E-state index is 0.141. The molecule has 1 aromatic heterocycles. The second-order valence-electron chi connectivity index (χ2n) is 6.86. The minimum Gasteiger partial charge on any atom is -0.489 e. The number of benzene rings is 2. The molecule has 30 heavy (non-hydrogen) atoms. The molecule has 8 heteroatoms. The molecule has 3 aromatic rings. The molecule has 3 rings (SSSR count). The maximum absolute atomic E-state index is 13.6. The number of aromatic nitrogens is 2. The van der Waals surface area contributed by atoms with E-state index in [0.717, 1.165) is 11.8 Å². The van der Waals surface area contributed by atoms with Gasteiger partial charge >= 0.3 is 12.2 Å². The van der Waals surface area contributed by atoms with Crippen molar-refractivity contribution >= 4 is 11.5 Å². The highest BCUT2D eigenvalue weighted by Gasteiger charge is 2.37. The maximum Gasteiger partial charge on any atom is 0.421 e. The molecule has 2 aromatic carbocycles. The highest BCUT2D eigenvalue weighted by molar-refractivity contribution is 5.68. The molecule has 0 aliphatic carbocycles. The summed E-state index contributed by atoms with van der Waals surface area (Å²) in [5.74, 6) is 0.133. The van der Waals surface area contributed by atoms with Gasteiger partial charge < -0.3 is 14.4 Å². The number of anilines is 2. The Bertz CT molecular complexity index is 979. The molecule has 0 radical (unpaired) electrons. The van der Waals surface area contributed by atoms with Crippen LogP contribution < -0.4 is 14.4 Å². The number of hydrogen-bond donors (Lipinski definition) is 0. The molecule has 0 atom stereocenters. The van der Waals surface area contributed by atoms with Gasteiger partial charge in [0, 0.05) is 13.2 Å². The van der Waals surface area contributed by atoms with Crippen LogP contribution in [-0.2, 0) is 12.8 Å². The highest BCUT2D eigenvalue weighted by Crippen LogP contribution is 2.40. The first-order valence-electron chi connectivity index (χ1n) is 9.36. The Morgan fingerprint density at radius 3 is 2.33 bits per heavy atom. The van der Waals surface area contributed by atoms with Gasteiger partial charge in [0.25, 0.3) is 0 Å². The molecule has 0 saturated carbocycles. The van der Waals surface area contributed by atoms with Crippen LogP contribution in [0.4, 0.5) is 24.7 Å². The van der Waals surface area contributed by atoms with E-state index in [1.165, 1.54) is 11.9 Å². The average molecular weight is 417 g/mol. The monoisotopic (exact) mass is 417 g/mol. The summed E-state index contributed by atoms with van der Waals surface area (Å²) in [6.07, 6.45) is -4.03. The van der Waals surface area contributed by atoms with Crippen molar-refractivity contribution in [3.63, 3.8) is 0 Å². The molecule has 0 saturated heterocycles. The number of ether oxygens (including phenoxy) is 2. The van der Waals surface area contributed by atoms with Crippen LogP contribution in [0.15, 0.2) is 60.8 Å². The number of hydrogen-bond acceptors (Lipinski definition) is 5. The van der Waals surface area contributed by atoms with Gasteiger partial charge in [-0.3, -0.25) is 0 Å². The standard InChI is InChI=1S/C22H22F3N3O2/c1-15(2)30-19-12-8-7-11-18(19)28(3)20-17(22(23,24)25)13-26-21(27-20)29-14-16-9-5-4-6-10-16/h4-13,15H,14H2,1-3H3. The normalized spacial score (nSPS) is 11.4. The molecule has 0 aliphatic heterocycles. The number of nitrogens with zero attached hydrogens (tertiary/aromatic N) is 3. The van der Waals surface area contributed by atoms with Crippen LogP contribution in [0.5, 0.6) is 11.8 Å². The molecule has 0 unspecified atom stereocenters. The lowest BCUT2D eigenvalue weighted by molar-refractivity contribution is -0.137. The van der Waals surface area contributed by atoms with Gasteiger partial charge in [-0.1, -0.05) is 42.5 Å². The first kappa shape index (κ1) is 21.4. The van der Waals surface area contributed by atoms with Crippen molar-refractivity contribution in [3.05, 3.63) is 71.9 Å². The van der Waals surface area contributed by atoms with Crippen LogP contribution in [0.3, 0.4) is 0 Å². The number of alkyl halides is 3. The predicted octanol–water partition coefficient (Wildman–Crippen LogP) is 5.63. The van der Waals surface area contributed by atoms with E-state index in [2.05, 4.69) is 9.97 Å². The topological polar surface area (TPSA) is 47.5 Å². The molecule has 0 fully saturated rings. The quantitative estimate of drug-likeness (QED) is 0.499. The lowest BCUT2D eigenvalue weighted by atomic mass is 10.2. The fourth-order valence-corrected chi connectivity index (χ4v) is 2.81. The van der Waals surface area contributed by atoms with Gasteiger partial charge in [0.05, 0.1) is 11.8 Å². The van der Waals surface area contributed by atoms with Crippen LogP contribution in [0.2, 0.25) is 0 Å². The summed E-state index contributed by atoms with van der Waals surface area (Å²) in [7, 11) is 1.50. The summed E-state index contributed by atoms with van der Waals surface area (Å²) in [6, 6.07) is 16.0. The minimum atomic E-state index is -4.63. The molecule has 5 nitrogen and oxygen atoms in total. The van der Waals surface area contributed by atoms with Crippen molar-refractivity contribution < 1.29 is 22.6 Å². The van der Waals surface area contributed by atoms with Gasteiger partial charge in [-0.05, 0) is 31.5 Å². The molecular weight excluding hydrogens is 395 g/mol. The van der Waals surface area contributed by atoms with Gasteiger partial charge in [0.2, 0.25) is 0 Å². The number of halogens is 3. The zero-order valence-corrected chi connectivity index (χ0v) is 16.8. The predicted molar refractivity (Wildman–Crippen MR) is 108 cm³/mol. The zero-order chi connectivity index (χ0) is 21.7. The number of rotatable bonds is 7. The van der Waals surface area contributed by atoms with Crippen LogP contribution in [0.1, 0.15) is 25.0 Å². The van der Waals surface area contributed by atoms with Crippen molar-refractivity contribution in [2.45, 2.75) is 32.7 Å². The Kier molecular flexibility index (Phi) is 6.44. The Hall–Kier alpha value is -3.29. The summed E-state index contributed by atoms with van der Waals surface area (Å²) >= 11 is 0. The van der Waals surface area contributed by atoms with E-state index in [-0.39, 0.29) is 24.5 Å². The van der Waals surface area contributed by atoms with Crippen molar-refractivity contribution in [2.24, 2.45) is 0 Å². The van der Waals surface area contributed by atoms with Gasteiger partial charge in [-0.2, -0.15) is 18.2 Å². The fourth-order valence-electron chi connectivity index (χ4n) is 2.81. The van der Waals surface area contributed by atoms with E-state index >= 15 is 0 Å². The Balaban J connectivity index is 1.97. The average Bonchev–Trinajstić information content (AvgIpc) is 2.71. The van der Waals surface area contributed by atoms with Crippen molar-refractivity contribution in [1.82, 2.24) is 9.97 Å². The third-order valence-electron chi connectivity index (χ3n) is 4.17. The lowest BCUT2D eigenvalue weighted by Gasteiger charge is -2.25.